The zero-order valence-corrected chi connectivity index (χ0v) is 15.3. The van der Waals surface area contributed by atoms with Crippen LogP contribution < -0.4 is 4.90 Å². The van der Waals surface area contributed by atoms with Gasteiger partial charge in [-0.25, -0.2) is 8.42 Å². The Bertz CT molecular complexity index is 861. The summed E-state index contributed by atoms with van der Waals surface area (Å²) in [6.45, 7) is 1.35. The van der Waals surface area contributed by atoms with Crippen LogP contribution in [0.25, 0.3) is 0 Å². The highest BCUT2D eigenvalue weighted by Crippen LogP contribution is 2.36. The van der Waals surface area contributed by atoms with E-state index in [1.807, 2.05) is 30.3 Å². The smallest absolute Gasteiger partial charge is 0.373 e. The van der Waals surface area contributed by atoms with Crippen molar-refractivity contribution in [2.75, 3.05) is 18.0 Å². The third kappa shape index (κ3) is 4.44. The minimum absolute atomic E-state index is 0.00663. The Hall–Kier alpha value is -2.06. The number of hydrogen-bond donors (Lipinski definition) is 0. The van der Waals surface area contributed by atoms with Gasteiger partial charge in [-0.15, -0.1) is 0 Å². The third-order valence-corrected chi connectivity index (χ3v) is 6.10. The number of anilines is 1. The van der Waals surface area contributed by atoms with Crippen LogP contribution in [0.4, 0.5) is 18.9 Å². The number of ether oxygens (including phenoxy) is 1. The molecule has 0 bridgehead atoms. The lowest BCUT2D eigenvalue weighted by Crippen LogP contribution is -2.38. The van der Waals surface area contributed by atoms with Crippen LogP contribution in [0.1, 0.15) is 18.4 Å². The third-order valence-electron chi connectivity index (χ3n) is 4.57. The Kier molecular flexibility index (Phi) is 5.76. The molecule has 0 spiro atoms. The Morgan fingerprint density at radius 2 is 1.56 bits per heavy atom. The van der Waals surface area contributed by atoms with Crippen molar-refractivity contribution in [3.8, 4) is 0 Å². The highest BCUT2D eigenvalue weighted by molar-refractivity contribution is 7.92. The van der Waals surface area contributed by atoms with Crippen molar-refractivity contribution in [3.05, 3.63) is 60.2 Å². The Morgan fingerprint density at radius 1 is 0.963 bits per heavy atom. The van der Waals surface area contributed by atoms with E-state index in [1.165, 1.54) is 12.1 Å². The van der Waals surface area contributed by atoms with Gasteiger partial charge in [-0.2, -0.15) is 13.2 Å². The summed E-state index contributed by atoms with van der Waals surface area (Å²) in [5, 5.41) is 0. The van der Waals surface area contributed by atoms with Crippen molar-refractivity contribution in [2.45, 2.75) is 36.0 Å². The van der Waals surface area contributed by atoms with Crippen molar-refractivity contribution in [3.63, 3.8) is 0 Å². The van der Waals surface area contributed by atoms with Crippen LogP contribution in [0, 0.1) is 0 Å². The van der Waals surface area contributed by atoms with Crippen LogP contribution in [0.3, 0.4) is 0 Å². The Balaban J connectivity index is 1.67. The van der Waals surface area contributed by atoms with Gasteiger partial charge in [-0.1, -0.05) is 42.5 Å². The van der Waals surface area contributed by atoms with E-state index in [0.29, 0.717) is 32.5 Å². The van der Waals surface area contributed by atoms with Crippen molar-refractivity contribution in [2.24, 2.45) is 0 Å². The van der Waals surface area contributed by atoms with Gasteiger partial charge in [0, 0.05) is 13.1 Å². The number of hydrogen-bond acceptors (Lipinski definition) is 4. The average molecular weight is 399 g/mol. The lowest BCUT2D eigenvalue weighted by Gasteiger charge is -2.34. The number of para-hydroxylation sites is 1. The van der Waals surface area contributed by atoms with Crippen LogP contribution in [0.2, 0.25) is 0 Å². The summed E-state index contributed by atoms with van der Waals surface area (Å²) in [4.78, 5) is 0.988. The Morgan fingerprint density at radius 3 is 2.19 bits per heavy atom. The van der Waals surface area contributed by atoms with Crippen molar-refractivity contribution < 1.29 is 26.3 Å². The molecular formula is C19H20F3NO3S. The molecule has 3 rings (SSSR count). The lowest BCUT2D eigenvalue weighted by molar-refractivity contribution is -0.0435. The Labute approximate surface area is 156 Å². The highest BCUT2D eigenvalue weighted by Gasteiger charge is 2.48. The predicted molar refractivity (Wildman–Crippen MR) is 96.1 cm³/mol. The minimum Gasteiger partial charge on any atom is -0.373 e. The number of halogens is 3. The van der Waals surface area contributed by atoms with E-state index in [2.05, 4.69) is 0 Å². The van der Waals surface area contributed by atoms with Gasteiger partial charge in [0.05, 0.1) is 23.3 Å². The molecule has 1 saturated heterocycles. The van der Waals surface area contributed by atoms with Crippen LogP contribution in [-0.4, -0.2) is 33.1 Å². The molecule has 4 nitrogen and oxygen atoms in total. The SMILES string of the molecule is O=S(=O)(c1ccccc1N1CCC(OCc2ccccc2)CC1)C(F)(F)F. The first-order valence-electron chi connectivity index (χ1n) is 8.60. The maximum absolute atomic E-state index is 13.0. The molecule has 2 aromatic carbocycles. The summed E-state index contributed by atoms with van der Waals surface area (Å²) in [5.41, 5.74) is -4.17. The molecule has 0 aromatic heterocycles. The maximum atomic E-state index is 13.0. The summed E-state index contributed by atoms with van der Waals surface area (Å²) in [6.07, 6.45) is 1.23. The minimum atomic E-state index is -5.39. The molecule has 1 aliphatic heterocycles. The molecule has 0 atom stereocenters. The predicted octanol–water partition coefficient (Wildman–Crippen LogP) is 4.17. The number of alkyl halides is 3. The fraction of sp³-hybridized carbons (Fsp3) is 0.368. The first kappa shape index (κ1) is 19.7. The van der Waals surface area contributed by atoms with Crippen molar-refractivity contribution in [1.82, 2.24) is 0 Å². The number of benzene rings is 2. The quantitative estimate of drug-likeness (QED) is 0.757. The van der Waals surface area contributed by atoms with Gasteiger partial charge in [0.2, 0.25) is 0 Å². The second-order valence-corrected chi connectivity index (χ2v) is 8.31. The molecule has 1 heterocycles. The molecular weight excluding hydrogens is 379 g/mol. The fourth-order valence-electron chi connectivity index (χ4n) is 3.12. The second kappa shape index (κ2) is 7.90. The van der Waals surface area contributed by atoms with E-state index >= 15 is 0 Å². The second-order valence-electron chi connectivity index (χ2n) is 6.40. The van der Waals surface area contributed by atoms with E-state index in [0.717, 1.165) is 11.6 Å². The summed E-state index contributed by atoms with van der Waals surface area (Å²) in [5.74, 6) is 0. The normalized spacial score (nSPS) is 16.5. The van der Waals surface area contributed by atoms with Crippen molar-refractivity contribution >= 4 is 15.5 Å². The number of nitrogens with zero attached hydrogens (tertiary/aromatic N) is 1. The average Bonchev–Trinajstić information content (AvgIpc) is 2.67. The topological polar surface area (TPSA) is 46.6 Å². The molecule has 0 saturated carbocycles. The van der Waals surface area contributed by atoms with Gasteiger partial charge in [-0.05, 0) is 30.5 Å². The zero-order valence-electron chi connectivity index (χ0n) is 14.5. The zero-order chi connectivity index (χ0) is 19.5. The molecule has 27 heavy (non-hydrogen) atoms. The van der Waals surface area contributed by atoms with Gasteiger partial charge >= 0.3 is 5.51 Å². The van der Waals surface area contributed by atoms with Crippen LogP contribution >= 0.6 is 0 Å². The molecule has 1 fully saturated rings. The molecule has 146 valence electrons. The molecule has 8 heteroatoms. The fourth-order valence-corrected chi connectivity index (χ4v) is 4.10. The van der Waals surface area contributed by atoms with Crippen LogP contribution in [-0.2, 0) is 21.2 Å². The summed E-state index contributed by atoms with van der Waals surface area (Å²) < 4.78 is 68.5. The molecule has 0 aliphatic carbocycles. The lowest BCUT2D eigenvalue weighted by atomic mass is 10.1. The molecule has 0 unspecified atom stereocenters. The van der Waals surface area contributed by atoms with Gasteiger partial charge in [0.1, 0.15) is 0 Å². The number of piperidine rings is 1. The van der Waals surface area contributed by atoms with E-state index in [9.17, 15) is 21.6 Å². The monoisotopic (exact) mass is 399 g/mol. The van der Waals surface area contributed by atoms with Crippen molar-refractivity contribution in [1.29, 1.82) is 0 Å². The highest BCUT2D eigenvalue weighted by atomic mass is 32.2. The summed E-state index contributed by atoms with van der Waals surface area (Å²) >= 11 is 0. The number of rotatable bonds is 5. The standard InChI is InChI=1S/C19H20F3NO3S/c20-19(21,22)27(24,25)18-9-5-4-8-17(18)23-12-10-16(11-13-23)26-14-15-6-2-1-3-7-15/h1-9,16H,10-14H2. The molecule has 0 radical (unpaired) electrons. The van der Waals surface area contributed by atoms with Crippen LogP contribution in [0.15, 0.2) is 59.5 Å². The largest absolute Gasteiger partial charge is 0.501 e. The number of sulfone groups is 1. The maximum Gasteiger partial charge on any atom is 0.501 e. The first-order valence-corrected chi connectivity index (χ1v) is 10.1. The van der Waals surface area contributed by atoms with Crippen LogP contribution in [0.5, 0.6) is 0 Å². The van der Waals surface area contributed by atoms with Gasteiger partial charge < -0.3 is 9.64 Å². The van der Waals surface area contributed by atoms with E-state index < -0.39 is 20.2 Å². The molecule has 1 aliphatic rings. The summed E-state index contributed by atoms with van der Waals surface area (Å²) in [6, 6.07) is 15.0. The van der Waals surface area contributed by atoms with Gasteiger partial charge in [-0.3, -0.25) is 0 Å². The molecule has 0 amide bonds. The first-order chi connectivity index (χ1) is 12.8. The summed E-state index contributed by atoms with van der Waals surface area (Å²) in [7, 11) is -5.39. The van der Waals surface area contributed by atoms with Gasteiger partial charge in [0.15, 0.2) is 0 Å². The molecule has 2 aromatic rings. The molecule has 0 N–H and O–H groups in total. The van der Waals surface area contributed by atoms with E-state index in [-0.39, 0.29) is 11.8 Å². The van der Waals surface area contributed by atoms with E-state index in [1.54, 1.807) is 11.0 Å². The van der Waals surface area contributed by atoms with E-state index in [4.69, 9.17) is 4.74 Å². The van der Waals surface area contributed by atoms with Gasteiger partial charge in [0.25, 0.3) is 9.84 Å².